The van der Waals surface area contributed by atoms with Crippen molar-refractivity contribution in [1.29, 1.82) is 0 Å². The quantitative estimate of drug-likeness (QED) is 0.181. The van der Waals surface area contributed by atoms with Gasteiger partial charge in [0.05, 0.1) is 64.0 Å². The van der Waals surface area contributed by atoms with Gasteiger partial charge in [0, 0.05) is 16.2 Å². The fourth-order valence-corrected chi connectivity index (χ4v) is 4.95. The van der Waals surface area contributed by atoms with Gasteiger partial charge in [-0.15, -0.1) is 0 Å². The fourth-order valence-electron chi connectivity index (χ4n) is 4.95. The van der Waals surface area contributed by atoms with Crippen molar-refractivity contribution >= 4 is 17.9 Å². The molecule has 0 aliphatic carbocycles. The van der Waals surface area contributed by atoms with Gasteiger partial charge in [-0.2, -0.15) is 0 Å². The predicted molar refractivity (Wildman–Crippen MR) is 167 cm³/mol. The van der Waals surface area contributed by atoms with Gasteiger partial charge in [-0.25, -0.2) is 14.4 Å². The van der Waals surface area contributed by atoms with Gasteiger partial charge in [-0.05, 0) is 66.7 Å². The maximum Gasteiger partial charge on any atom is 0.343 e. The van der Waals surface area contributed by atoms with Crippen LogP contribution in [-0.2, 0) is 18.9 Å². The third-order valence-corrected chi connectivity index (χ3v) is 8.19. The van der Waals surface area contributed by atoms with E-state index in [1.54, 1.807) is 48.5 Å². The Hall–Kier alpha value is -4.45. The van der Waals surface area contributed by atoms with E-state index in [-0.39, 0.29) is 51.0 Å². The van der Waals surface area contributed by atoms with E-state index >= 15 is 0 Å². The Kier molecular flexibility index (Phi) is 9.23. The van der Waals surface area contributed by atoms with Crippen molar-refractivity contribution in [2.75, 3.05) is 59.5 Å². The standard InChI is InChI=1S/C36H38O11/c1-34(15-40-16-34)21-43-26-8-4-24(5-9-26)31(37)46-28-12-13-30(29(14-28)33(39)45-23-36(3)19-42-20-36)47-32(38)25-6-10-27(11-7-25)44-22-35(2)17-41-18-35/h4-14H,15-23H2,1-3H3. The lowest BCUT2D eigenvalue weighted by Gasteiger charge is -2.37. The van der Waals surface area contributed by atoms with Gasteiger partial charge < -0.3 is 37.9 Å². The number of hydrogen-bond acceptors (Lipinski definition) is 11. The van der Waals surface area contributed by atoms with Crippen LogP contribution < -0.4 is 18.9 Å². The Morgan fingerprint density at radius 3 is 1.43 bits per heavy atom. The van der Waals surface area contributed by atoms with Crippen molar-refractivity contribution in [3.05, 3.63) is 83.4 Å². The average Bonchev–Trinajstić information content (AvgIpc) is 3.03. The second-order valence-electron chi connectivity index (χ2n) is 13.5. The Balaban J connectivity index is 1.12. The first-order valence-corrected chi connectivity index (χ1v) is 15.5. The van der Waals surface area contributed by atoms with Crippen LogP contribution in [0.1, 0.15) is 51.8 Å². The molecule has 11 nitrogen and oxygen atoms in total. The largest absolute Gasteiger partial charge is 0.493 e. The van der Waals surface area contributed by atoms with Crippen molar-refractivity contribution < 1.29 is 52.3 Å². The molecule has 0 radical (unpaired) electrons. The molecule has 3 fully saturated rings. The summed E-state index contributed by atoms with van der Waals surface area (Å²) in [5.74, 6) is -0.792. The van der Waals surface area contributed by atoms with Crippen LogP contribution in [0.5, 0.6) is 23.0 Å². The molecule has 248 valence electrons. The normalized spacial score (nSPS) is 18.4. The Labute approximate surface area is 272 Å². The van der Waals surface area contributed by atoms with Crippen molar-refractivity contribution in [2.24, 2.45) is 16.2 Å². The lowest BCUT2D eigenvalue weighted by molar-refractivity contribution is -0.127. The summed E-state index contributed by atoms with van der Waals surface area (Å²) < 4.78 is 44.2. The van der Waals surface area contributed by atoms with E-state index in [0.717, 1.165) is 0 Å². The maximum atomic E-state index is 13.3. The summed E-state index contributed by atoms with van der Waals surface area (Å²) in [6, 6.07) is 17.3. The highest BCUT2D eigenvalue weighted by molar-refractivity contribution is 5.97. The molecule has 11 heteroatoms. The molecule has 3 aliphatic rings. The first-order chi connectivity index (χ1) is 22.5. The van der Waals surface area contributed by atoms with Crippen LogP contribution in [-0.4, -0.2) is 77.4 Å². The number of rotatable bonds is 13. The third-order valence-electron chi connectivity index (χ3n) is 8.19. The van der Waals surface area contributed by atoms with Gasteiger partial charge in [0.15, 0.2) is 0 Å². The van der Waals surface area contributed by atoms with E-state index in [4.69, 9.17) is 37.9 Å². The van der Waals surface area contributed by atoms with E-state index in [9.17, 15) is 14.4 Å². The number of ether oxygens (including phenoxy) is 8. The number of hydrogen-bond donors (Lipinski definition) is 0. The average molecular weight is 647 g/mol. The zero-order chi connectivity index (χ0) is 33.1. The molecule has 3 aromatic carbocycles. The molecule has 0 saturated carbocycles. The highest BCUT2D eigenvalue weighted by atomic mass is 16.6. The highest BCUT2D eigenvalue weighted by Crippen LogP contribution is 2.32. The molecule has 0 atom stereocenters. The van der Waals surface area contributed by atoms with Crippen LogP contribution >= 0.6 is 0 Å². The van der Waals surface area contributed by atoms with Gasteiger partial charge in [-0.1, -0.05) is 20.8 Å². The molecule has 0 bridgehead atoms. The lowest BCUT2D eigenvalue weighted by Crippen LogP contribution is -2.44. The number of benzene rings is 3. The third kappa shape index (κ3) is 7.93. The molecule has 0 N–H and O–H groups in total. The van der Waals surface area contributed by atoms with Crippen LogP contribution in [0, 0.1) is 16.2 Å². The van der Waals surface area contributed by atoms with Gasteiger partial charge >= 0.3 is 17.9 Å². The van der Waals surface area contributed by atoms with Crippen molar-refractivity contribution in [3.63, 3.8) is 0 Å². The van der Waals surface area contributed by atoms with Crippen LogP contribution in [0.4, 0.5) is 0 Å². The van der Waals surface area contributed by atoms with Gasteiger partial charge in [0.2, 0.25) is 0 Å². The molecule has 3 saturated heterocycles. The first kappa shape index (κ1) is 32.5. The molecule has 0 unspecified atom stereocenters. The molecule has 47 heavy (non-hydrogen) atoms. The van der Waals surface area contributed by atoms with E-state index in [1.165, 1.54) is 18.2 Å². The van der Waals surface area contributed by atoms with E-state index in [2.05, 4.69) is 13.8 Å². The fraction of sp³-hybridized carbons (Fsp3) is 0.417. The summed E-state index contributed by atoms with van der Waals surface area (Å²) >= 11 is 0. The monoisotopic (exact) mass is 646 g/mol. The lowest BCUT2D eigenvalue weighted by atomic mass is 9.90. The molecule has 0 amide bonds. The van der Waals surface area contributed by atoms with E-state index in [0.29, 0.717) is 64.4 Å². The summed E-state index contributed by atoms with van der Waals surface area (Å²) in [5.41, 5.74) is 0.144. The summed E-state index contributed by atoms with van der Waals surface area (Å²) in [4.78, 5) is 39.3. The molecular formula is C36H38O11. The number of esters is 3. The zero-order valence-electron chi connectivity index (χ0n) is 26.7. The Morgan fingerprint density at radius 2 is 0.979 bits per heavy atom. The summed E-state index contributed by atoms with van der Waals surface area (Å²) in [6.07, 6.45) is 0. The number of carbonyl (C=O) groups excluding carboxylic acids is 3. The van der Waals surface area contributed by atoms with Crippen LogP contribution in [0.2, 0.25) is 0 Å². The summed E-state index contributed by atoms with van der Waals surface area (Å²) in [6.45, 7) is 10.7. The highest BCUT2D eigenvalue weighted by Gasteiger charge is 2.36. The smallest absolute Gasteiger partial charge is 0.343 e. The van der Waals surface area contributed by atoms with E-state index in [1.807, 2.05) is 6.92 Å². The molecular weight excluding hydrogens is 608 g/mol. The molecule has 3 aromatic rings. The number of carbonyl (C=O) groups is 3. The van der Waals surface area contributed by atoms with Crippen LogP contribution in [0.3, 0.4) is 0 Å². The molecule has 3 aliphatic heterocycles. The van der Waals surface area contributed by atoms with Crippen LogP contribution in [0.25, 0.3) is 0 Å². The minimum absolute atomic E-state index is 0.0101. The van der Waals surface area contributed by atoms with Gasteiger partial charge in [0.25, 0.3) is 0 Å². The minimum Gasteiger partial charge on any atom is -0.493 e. The summed E-state index contributed by atoms with van der Waals surface area (Å²) in [7, 11) is 0. The maximum absolute atomic E-state index is 13.3. The van der Waals surface area contributed by atoms with Crippen molar-refractivity contribution in [3.8, 4) is 23.0 Å². The Bertz CT molecular complexity index is 1600. The van der Waals surface area contributed by atoms with Crippen molar-refractivity contribution in [2.45, 2.75) is 20.8 Å². The summed E-state index contributed by atoms with van der Waals surface area (Å²) in [5, 5.41) is 0. The van der Waals surface area contributed by atoms with Gasteiger partial charge in [0.1, 0.15) is 35.2 Å². The predicted octanol–water partition coefficient (Wildman–Crippen LogP) is 5.15. The molecule has 3 heterocycles. The van der Waals surface area contributed by atoms with Gasteiger partial charge in [-0.3, -0.25) is 0 Å². The second kappa shape index (κ2) is 13.3. The minimum atomic E-state index is -0.733. The van der Waals surface area contributed by atoms with Crippen LogP contribution in [0.15, 0.2) is 66.7 Å². The Morgan fingerprint density at radius 1 is 0.553 bits per heavy atom. The SMILES string of the molecule is CC1(COC(=O)c2cc(OC(=O)c3ccc(OCC4(C)COC4)cc3)ccc2OC(=O)c2ccc(OCC3(C)COC3)cc2)COC1. The van der Waals surface area contributed by atoms with E-state index < -0.39 is 17.9 Å². The molecule has 6 rings (SSSR count). The first-order valence-electron chi connectivity index (χ1n) is 15.5. The topological polar surface area (TPSA) is 125 Å². The van der Waals surface area contributed by atoms with Crippen molar-refractivity contribution in [1.82, 2.24) is 0 Å². The molecule has 0 spiro atoms. The zero-order valence-corrected chi connectivity index (χ0v) is 26.7. The molecule has 0 aromatic heterocycles. The second-order valence-corrected chi connectivity index (χ2v) is 13.5.